The van der Waals surface area contributed by atoms with Gasteiger partial charge in [0.15, 0.2) is 17.5 Å². The average Bonchev–Trinajstić information content (AvgIpc) is 2.59. The molecule has 27 heavy (non-hydrogen) atoms. The van der Waals surface area contributed by atoms with Crippen LogP contribution in [0.5, 0.6) is 11.5 Å². The number of alkyl carbamates (subject to hydrolysis) is 1. The van der Waals surface area contributed by atoms with Gasteiger partial charge < -0.3 is 30.2 Å². The van der Waals surface area contributed by atoms with E-state index in [-0.39, 0.29) is 0 Å². The van der Waals surface area contributed by atoms with Crippen molar-refractivity contribution in [1.29, 1.82) is 0 Å². The molecule has 0 saturated carbocycles. The van der Waals surface area contributed by atoms with Gasteiger partial charge in [0.05, 0.1) is 13.7 Å². The van der Waals surface area contributed by atoms with Gasteiger partial charge in [-0.1, -0.05) is 0 Å². The summed E-state index contributed by atoms with van der Waals surface area (Å²) in [6, 6.07) is 5.59. The van der Waals surface area contributed by atoms with Gasteiger partial charge in [0.2, 0.25) is 0 Å². The lowest BCUT2D eigenvalue weighted by Crippen LogP contribution is -2.35. The zero-order valence-corrected chi connectivity index (χ0v) is 17.1. The van der Waals surface area contributed by atoms with Crippen molar-refractivity contribution in [3.8, 4) is 11.5 Å². The Morgan fingerprint density at radius 3 is 2.44 bits per heavy atom. The first kappa shape index (κ1) is 22.4. The molecule has 0 saturated heterocycles. The normalized spacial score (nSPS) is 11.6. The molecule has 152 valence electrons. The van der Waals surface area contributed by atoms with Crippen molar-refractivity contribution in [1.82, 2.24) is 10.6 Å². The fraction of sp³-hybridized carbons (Fsp3) is 0.579. The molecule has 0 aliphatic rings. The van der Waals surface area contributed by atoms with Crippen LogP contribution in [0.25, 0.3) is 0 Å². The molecule has 0 spiro atoms. The zero-order valence-electron chi connectivity index (χ0n) is 17.1. The molecule has 1 rings (SSSR count). The molecule has 0 heterocycles. The zero-order chi connectivity index (χ0) is 20.3. The van der Waals surface area contributed by atoms with Gasteiger partial charge in [-0.2, -0.15) is 0 Å². The van der Waals surface area contributed by atoms with Crippen LogP contribution in [-0.4, -0.2) is 51.5 Å². The summed E-state index contributed by atoms with van der Waals surface area (Å²) in [5.74, 6) is 1.97. The fourth-order valence-corrected chi connectivity index (χ4v) is 2.14. The van der Waals surface area contributed by atoms with E-state index in [9.17, 15) is 4.79 Å². The Labute approximate surface area is 161 Å². The third-order valence-corrected chi connectivity index (χ3v) is 3.26. The third kappa shape index (κ3) is 9.03. The molecule has 0 atom stereocenters. The Kier molecular flexibility index (Phi) is 9.25. The third-order valence-electron chi connectivity index (χ3n) is 3.26. The van der Waals surface area contributed by atoms with Gasteiger partial charge in [0.25, 0.3) is 0 Å². The summed E-state index contributed by atoms with van der Waals surface area (Å²) >= 11 is 0. The van der Waals surface area contributed by atoms with E-state index in [4.69, 9.17) is 14.2 Å². The first-order valence-electron chi connectivity index (χ1n) is 9.04. The Morgan fingerprint density at radius 2 is 1.85 bits per heavy atom. The topological polar surface area (TPSA) is 93.2 Å². The smallest absolute Gasteiger partial charge is 0.407 e. The highest BCUT2D eigenvalue weighted by Crippen LogP contribution is 2.30. The van der Waals surface area contributed by atoms with Crippen molar-refractivity contribution in [2.45, 2.75) is 39.7 Å². The number of benzene rings is 1. The monoisotopic (exact) mass is 380 g/mol. The van der Waals surface area contributed by atoms with Crippen molar-refractivity contribution >= 4 is 17.7 Å². The predicted octanol–water partition coefficient (Wildman–Crippen LogP) is 3.00. The number of carbonyl (C=O) groups is 1. The van der Waals surface area contributed by atoms with E-state index in [0.29, 0.717) is 37.2 Å². The maximum absolute atomic E-state index is 11.6. The largest absolute Gasteiger partial charge is 0.493 e. The molecular formula is C19H32N4O4. The lowest BCUT2D eigenvalue weighted by Gasteiger charge is -2.19. The van der Waals surface area contributed by atoms with Crippen LogP contribution in [0.4, 0.5) is 10.5 Å². The van der Waals surface area contributed by atoms with Gasteiger partial charge in [-0.3, -0.25) is 4.99 Å². The number of methoxy groups -OCH3 is 1. The summed E-state index contributed by atoms with van der Waals surface area (Å²) in [5.41, 5.74) is 0.340. The molecule has 8 nitrogen and oxygen atoms in total. The predicted molar refractivity (Wildman–Crippen MR) is 108 cm³/mol. The van der Waals surface area contributed by atoms with Crippen molar-refractivity contribution in [3.05, 3.63) is 18.2 Å². The molecule has 8 heteroatoms. The van der Waals surface area contributed by atoms with Crippen LogP contribution in [0.3, 0.4) is 0 Å². The molecule has 0 unspecified atom stereocenters. The number of anilines is 1. The summed E-state index contributed by atoms with van der Waals surface area (Å²) in [6.45, 7) is 9.13. The van der Waals surface area contributed by atoms with Gasteiger partial charge in [0.1, 0.15) is 5.60 Å². The van der Waals surface area contributed by atoms with E-state index in [1.54, 1.807) is 14.2 Å². The number of nitrogens with zero attached hydrogens (tertiary/aromatic N) is 1. The van der Waals surface area contributed by atoms with Crippen LogP contribution in [0.1, 0.15) is 34.1 Å². The number of guanidine groups is 1. The first-order chi connectivity index (χ1) is 12.8. The number of nitrogens with one attached hydrogen (secondary N) is 3. The number of hydrogen-bond donors (Lipinski definition) is 3. The fourth-order valence-electron chi connectivity index (χ4n) is 2.14. The van der Waals surface area contributed by atoms with E-state index in [0.717, 1.165) is 12.1 Å². The number of ether oxygens (including phenoxy) is 3. The highest BCUT2D eigenvalue weighted by molar-refractivity contribution is 5.93. The minimum Gasteiger partial charge on any atom is -0.493 e. The summed E-state index contributed by atoms with van der Waals surface area (Å²) in [7, 11) is 3.30. The number of rotatable bonds is 8. The lowest BCUT2D eigenvalue weighted by molar-refractivity contribution is 0.0527. The van der Waals surface area contributed by atoms with Crippen molar-refractivity contribution in [2.75, 3.05) is 39.2 Å². The van der Waals surface area contributed by atoms with Crippen LogP contribution in [-0.2, 0) is 4.74 Å². The molecule has 0 fully saturated rings. The van der Waals surface area contributed by atoms with Crippen LogP contribution in [0, 0.1) is 0 Å². The standard InChI is InChI=1S/C19H32N4O4/c1-7-26-16-13-14(9-10-15(16)25-6)23-17(20-5)21-11-8-12-22-18(24)27-19(2,3)4/h9-10,13H,7-8,11-12H2,1-6H3,(H,22,24)(H2,20,21,23). The van der Waals surface area contributed by atoms with Gasteiger partial charge in [-0.05, 0) is 46.2 Å². The van der Waals surface area contributed by atoms with Crippen LogP contribution in [0.15, 0.2) is 23.2 Å². The van der Waals surface area contributed by atoms with Gasteiger partial charge >= 0.3 is 6.09 Å². The van der Waals surface area contributed by atoms with Gasteiger partial charge in [-0.25, -0.2) is 4.79 Å². The van der Waals surface area contributed by atoms with Crippen molar-refractivity contribution < 1.29 is 19.0 Å². The maximum atomic E-state index is 11.6. The Bertz CT molecular complexity index is 627. The average molecular weight is 380 g/mol. The molecule has 1 aromatic carbocycles. The van der Waals surface area contributed by atoms with E-state index < -0.39 is 11.7 Å². The highest BCUT2D eigenvalue weighted by Gasteiger charge is 2.15. The molecule has 0 bridgehead atoms. The molecule has 0 aliphatic carbocycles. The molecule has 1 aromatic rings. The first-order valence-corrected chi connectivity index (χ1v) is 9.04. The molecule has 0 aromatic heterocycles. The molecule has 0 aliphatic heterocycles. The summed E-state index contributed by atoms with van der Waals surface area (Å²) in [4.78, 5) is 15.8. The number of carbonyl (C=O) groups excluding carboxylic acids is 1. The van der Waals surface area contributed by atoms with E-state index in [1.165, 1.54) is 0 Å². The van der Waals surface area contributed by atoms with Gasteiger partial charge in [0, 0.05) is 31.9 Å². The Balaban J connectivity index is 2.43. The second-order valence-corrected chi connectivity index (χ2v) is 6.70. The number of amides is 1. The van der Waals surface area contributed by atoms with Crippen LogP contribution >= 0.6 is 0 Å². The Hall–Kier alpha value is -2.64. The summed E-state index contributed by atoms with van der Waals surface area (Å²) in [6.07, 6.45) is 0.318. The molecule has 1 amide bonds. The number of hydrogen-bond acceptors (Lipinski definition) is 5. The summed E-state index contributed by atoms with van der Waals surface area (Å²) in [5, 5.41) is 9.12. The lowest BCUT2D eigenvalue weighted by atomic mass is 10.2. The summed E-state index contributed by atoms with van der Waals surface area (Å²) < 4.78 is 16.0. The van der Waals surface area contributed by atoms with E-state index in [2.05, 4.69) is 20.9 Å². The van der Waals surface area contributed by atoms with Crippen molar-refractivity contribution in [3.63, 3.8) is 0 Å². The minimum absolute atomic E-state index is 0.410. The SMILES string of the molecule is CCOc1cc(NC(=NC)NCCCNC(=O)OC(C)(C)C)ccc1OC. The van der Waals surface area contributed by atoms with Crippen LogP contribution < -0.4 is 25.4 Å². The second kappa shape index (κ2) is 11.2. The van der Waals surface area contributed by atoms with Crippen molar-refractivity contribution in [2.24, 2.45) is 4.99 Å². The molecular weight excluding hydrogens is 348 g/mol. The van der Waals surface area contributed by atoms with E-state index >= 15 is 0 Å². The molecule has 3 N–H and O–H groups in total. The number of aliphatic imine (C=N–C) groups is 1. The van der Waals surface area contributed by atoms with Gasteiger partial charge in [-0.15, -0.1) is 0 Å². The minimum atomic E-state index is -0.493. The molecule has 0 radical (unpaired) electrons. The maximum Gasteiger partial charge on any atom is 0.407 e. The van der Waals surface area contributed by atoms with E-state index in [1.807, 2.05) is 45.9 Å². The van der Waals surface area contributed by atoms with Crippen LogP contribution in [0.2, 0.25) is 0 Å². The highest BCUT2D eigenvalue weighted by atomic mass is 16.6. The second-order valence-electron chi connectivity index (χ2n) is 6.70. The Morgan fingerprint density at radius 1 is 1.15 bits per heavy atom. The quantitative estimate of drug-likeness (QED) is 0.365.